The minimum Gasteiger partial charge on any atom is -0.341 e. The highest BCUT2D eigenvalue weighted by molar-refractivity contribution is 5.76. The van der Waals surface area contributed by atoms with Crippen LogP contribution in [0, 0.1) is 19.7 Å². The molecule has 1 saturated heterocycles. The lowest BCUT2D eigenvalue weighted by Crippen LogP contribution is -2.35. The van der Waals surface area contributed by atoms with Crippen molar-refractivity contribution in [2.45, 2.75) is 39.7 Å². The second-order valence-corrected chi connectivity index (χ2v) is 7.37. The average Bonchev–Trinajstić information content (AvgIpc) is 2.81. The molecular weight excluding hydrogens is 343 g/mol. The van der Waals surface area contributed by atoms with Gasteiger partial charge in [-0.1, -0.05) is 18.2 Å². The molecule has 0 atom stereocenters. The highest BCUT2D eigenvalue weighted by Crippen LogP contribution is 2.16. The molecule has 0 radical (unpaired) electrons. The molecule has 1 aliphatic rings. The maximum Gasteiger partial charge on any atom is 0.222 e. The molecule has 0 unspecified atom stereocenters. The Morgan fingerprint density at radius 1 is 1.15 bits per heavy atom. The lowest BCUT2D eigenvalue weighted by atomic mass is 10.1. The molecule has 1 fully saturated rings. The Kier molecular flexibility index (Phi) is 6.26. The highest BCUT2D eigenvalue weighted by Gasteiger charge is 2.20. The van der Waals surface area contributed by atoms with Crippen molar-refractivity contribution >= 4 is 5.91 Å². The van der Waals surface area contributed by atoms with Crippen molar-refractivity contribution < 1.29 is 9.18 Å². The van der Waals surface area contributed by atoms with Crippen molar-refractivity contribution in [2.75, 3.05) is 26.2 Å². The molecule has 6 heteroatoms. The Balaban J connectivity index is 1.53. The van der Waals surface area contributed by atoms with E-state index in [1.165, 1.54) is 11.6 Å². The molecule has 0 bridgehead atoms. The number of hydrogen-bond acceptors (Lipinski definition) is 3. The van der Waals surface area contributed by atoms with Gasteiger partial charge in [-0.25, -0.2) is 4.39 Å². The monoisotopic (exact) mass is 372 g/mol. The maximum atomic E-state index is 13.9. The van der Waals surface area contributed by atoms with Crippen LogP contribution in [0.2, 0.25) is 0 Å². The van der Waals surface area contributed by atoms with Crippen molar-refractivity contribution in [3.63, 3.8) is 0 Å². The van der Waals surface area contributed by atoms with E-state index in [-0.39, 0.29) is 11.7 Å². The number of rotatable bonds is 5. The van der Waals surface area contributed by atoms with Crippen LogP contribution < -0.4 is 0 Å². The smallest absolute Gasteiger partial charge is 0.222 e. The summed E-state index contributed by atoms with van der Waals surface area (Å²) in [5.74, 6) is 0.0438. The molecule has 1 aliphatic heterocycles. The van der Waals surface area contributed by atoms with Gasteiger partial charge >= 0.3 is 0 Å². The van der Waals surface area contributed by atoms with Crippen LogP contribution in [0.25, 0.3) is 0 Å². The Labute approximate surface area is 160 Å². The van der Waals surface area contributed by atoms with Crippen LogP contribution >= 0.6 is 0 Å². The van der Waals surface area contributed by atoms with Crippen molar-refractivity contribution in [2.24, 2.45) is 7.05 Å². The molecular formula is C21H29FN4O. The normalized spacial score (nSPS) is 15.8. The summed E-state index contributed by atoms with van der Waals surface area (Å²) in [5.41, 5.74) is 4.05. The second-order valence-electron chi connectivity index (χ2n) is 7.37. The fraction of sp³-hybridized carbons (Fsp3) is 0.524. The van der Waals surface area contributed by atoms with Gasteiger partial charge < -0.3 is 4.90 Å². The third kappa shape index (κ3) is 4.75. The van der Waals surface area contributed by atoms with E-state index in [1.54, 1.807) is 6.07 Å². The highest BCUT2D eigenvalue weighted by atomic mass is 19.1. The first-order valence-corrected chi connectivity index (χ1v) is 9.68. The number of halogens is 1. The summed E-state index contributed by atoms with van der Waals surface area (Å²) in [4.78, 5) is 16.9. The van der Waals surface area contributed by atoms with Gasteiger partial charge in [0.15, 0.2) is 0 Å². The van der Waals surface area contributed by atoms with Gasteiger partial charge in [0.1, 0.15) is 5.82 Å². The predicted octanol–water partition coefficient (Wildman–Crippen LogP) is 2.84. The van der Waals surface area contributed by atoms with Crippen molar-refractivity contribution in [1.29, 1.82) is 0 Å². The number of nitrogens with zero attached hydrogens (tertiary/aromatic N) is 4. The Morgan fingerprint density at radius 3 is 2.63 bits per heavy atom. The summed E-state index contributed by atoms with van der Waals surface area (Å²) in [5, 5.41) is 4.43. The van der Waals surface area contributed by atoms with E-state index in [1.807, 2.05) is 42.6 Å². The van der Waals surface area contributed by atoms with Crippen molar-refractivity contribution in [3.8, 4) is 0 Å². The molecule has 1 aromatic carbocycles. The van der Waals surface area contributed by atoms with E-state index < -0.39 is 0 Å². The molecule has 1 aromatic heterocycles. The summed E-state index contributed by atoms with van der Waals surface area (Å²) < 4.78 is 15.8. The summed E-state index contributed by atoms with van der Waals surface area (Å²) in [6, 6.07) is 6.93. The van der Waals surface area contributed by atoms with Gasteiger partial charge in [-0.2, -0.15) is 5.10 Å². The molecule has 27 heavy (non-hydrogen) atoms. The van der Waals surface area contributed by atoms with Gasteiger partial charge in [-0.05, 0) is 38.3 Å². The standard InChI is InChI=1S/C21H29FN4O/c1-16-19(17(2)24(3)23-16)9-10-21(27)26-12-6-11-25(13-14-26)15-18-7-4-5-8-20(18)22/h4-5,7-8H,6,9-15H2,1-3H3. The molecule has 1 amide bonds. The second kappa shape index (κ2) is 8.65. The van der Waals surface area contributed by atoms with Crippen LogP contribution in [-0.2, 0) is 24.8 Å². The molecule has 0 aliphatic carbocycles. The van der Waals surface area contributed by atoms with E-state index in [0.29, 0.717) is 19.5 Å². The van der Waals surface area contributed by atoms with E-state index in [2.05, 4.69) is 10.00 Å². The molecule has 146 valence electrons. The lowest BCUT2D eigenvalue weighted by molar-refractivity contribution is -0.131. The fourth-order valence-electron chi connectivity index (χ4n) is 3.82. The van der Waals surface area contributed by atoms with Crippen LogP contribution in [0.5, 0.6) is 0 Å². The van der Waals surface area contributed by atoms with Gasteiger partial charge in [0.2, 0.25) is 5.91 Å². The largest absolute Gasteiger partial charge is 0.341 e. The van der Waals surface area contributed by atoms with Gasteiger partial charge in [0, 0.05) is 57.4 Å². The topological polar surface area (TPSA) is 41.4 Å². The molecule has 0 saturated carbocycles. The molecule has 2 heterocycles. The molecule has 0 spiro atoms. The number of hydrogen-bond donors (Lipinski definition) is 0. The fourth-order valence-corrected chi connectivity index (χ4v) is 3.82. The quantitative estimate of drug-likeness (QED) is 0.810. The van der Waals surface area contributed by atoms with Crippen LogP contribution in [0.3, 0.4) is 0 Å². The third-order valence-electron chi connectivity index (χ3n) is 5.54. The number of aromatic nitrogens is 2. The number of amides is 1. The molecule has 3 rings (SSSR count). The van der Waals surface area contributed by atoms with E-state index >= 15 is 0 Å². The van der Waals surface area contributed by atoms with E-state index in [9.17, 15) is 9.18 Å². The Hall–Kier alpha value is -2.21. The first-order valence-electron chi connectivity index (χ1n) is 9.68. The number of carbonyl (C=O) groups is 1. The summed E-state index contributed by atoms with van der Waals surface area (Å²) in [6.07, 6.45) is 2.17. The van der Waals surface area contributed by atoms with Gasteiger partial charge in [0.25, 0.3) is 0 Å². The van der Waals surface area contributed by atoms with Crippen LogP contribution in [-0.4, -0.2) is 51.7 Å². The number of carbonyl (C=O) groups excluding carboxylic acids is 1. The molecule has 2 aromatic rings. The first-order chi connectivity index (χ1) is 13.0. The number of aryl methyl sites for hydroxylation is 2. The lowest BCUT2D eigenvalue weighted by Gasteiger charge is -2.22. The summed E-state index contributed by atoms with van der Waals surface area (Å²) in [7, 11) is 1.94. The van der Waals surface area contributed by atoms with E-state index in [4.69, 9.17) is 0 Å². The van der Waals surface area contributed by atoms with Crippen LogP contribution in [0.1, 0.15) is 35.4 Å². The molecule has 5 nitrogen and oxygen atoms in total. The van der Waals surface area contributed by atoms with E-state index in [0.717, 1.165) is 49.4 Å². The third-order valence-corrected chi connectivity index (χ3v) is 5.54. The summed E-state index contributed by atoms with van der Waals surface area (Å²) in [6.45, 7) is 7.80. The van der Waals surface area contributed by atoms with Crippen molar-refractivity contribution in [3.05, 3.63) is 52.6 Å². The Bertz CT molecular complexity index is 801. The van der Waals surface area contributed by atoms with Gasteiger partial charge in [-0.15, -0.1) is 0 Å². The zero-order valence-electron chi connectivity index (χ0n) is 16.5. The Morgan fingerprint density at radius 2 is 1.93 bits per heavy atom. The summed E-state index contributed by atoms with van der Waals surface area (Å²) >= 11 is 0. The predicted molar refractivity (Wildman–Crippen MR) is 104 cm³/mol. The average molecular weight is 372 g/mol. The van der Waals surface area contributed by atoms with Crippen LogP contribution in [0.4, 0.5) is 4.39 Å². The SMILES string of the molecule is Cc1nn(C)c(C)c1CCC(=O)N1CCCN(Cc2ccccc2F)CC1. The molecule has 0 N–H and O–H groups in total. The maximum absolute atomic E-state index is 13.9. The first kappa shape index (κ1) is 19.5. The van der Waals surface area contributed by atoms with Crippen molar-refractivity contribution in [1.82, 2.24) is 19.6 Å². The minimum absolute atomic E-state index is 0.156. The van der Waals surface area contributed by atoms with Gasteiger partial charge in [0.05, 0.1) is 5.69 Å². The minimum atomic E-state index is -0.156. The number of benzene rings is 1. The zero-order chi connectivity index (χ0) is 19.4. The van der Waals surface area contributed by atoms with Crippen LogP contribution in [0.15, 0.2) is 24.3 Å². The zero-order valence-corrected chi connectivity index (χ0v) is 16.5. The van der Waals surface area contributed by atoms with Gasteiger partial charge in [-0.3, -0.25) is 14.4 Å².